The number of hydrogen-bond acceptors (Lipinski definition) is 4. The van der Waals surface area contributed by atoms with Gasteiger partial charge in [0, 0.05) is 18.7 Å². The second kappa shape index (κ2) is 6.95. The molecule has 2 N–H and O–H groups in total. The second-order valence-electron chi connectivity index (χ2n) is 6.16. The molecule has 2 unspecified atom stereocenters. The van der Waals surface area contributed by atoms with Gasteiger partial charge in [-0.2, -0.15) is 0 Å². The number of ether oxygens (including phenoxy) is 2. The zero-order valence-electron chi connectivity index (χ0n) is 13.4. The highest BCUT2D eigenvalue weighted by Gasteiger charge is 2.20. The summed E-state index contributed by atoms with van der Waals surface area (Å²) in [5.74, 6) is 1.37. The molecule has 0 heterocycles. The molecule has 0 amide bonds. The molecular weight excluding hydrogens is 254 g/mol. The third-order valence-corrected chi connectivity index (χ3v) is 3.67. The van der Waals surface area contributed by atoms with E-state index in [-0.39, 0.29) is 5.41 Å². The van der Waals surface area contributed by atoms with E-state index in [0.29, 0.717) is 24.1 Å². The van der Waals surface area contributed by atoms with Gasteiger partial charge >= 0.3 is 0 Å². The highest BCUT2D eigenvalue weighted by atomic mass is 16.5. The van der Waals surface area contributed by atoms with Crippen molar-refractivity contribution in [1.29, 1.82) is 0 Å². The number of rotatable bonds is 6. The van der Waals surface area contributed by atoms with Crippen molar-refractivity contribution < 1.29 is 14.6 Å². The van der Waals surface area contributed by atoms with Crippen LogP contribution in [-0.4, -0.2) is 31.9 Å². The topological polar surface area (TPSA) is 50.7 Å². The maximum absolute atomic E-state index is 10.3. The molecule has 114 valence electrons. The van der Waals surface area contributed by atoms with Crippen molar-refractivity contribution in [3.05, 3.63) is 23.8 Å². The van der Waals surface area contributed by atoms with Crippen LogP contribution in [0.25, 0.3) is 0 Å². The molecule has 0 radical (unpaired) electrons. The van der Waals surface area contributed by atoms with Crippen molar-refractivity contribution in [2.45, 2.75) is 39.8 Å². The molecule has 0 fully saturated rings. The zero-order chi connectivity index (χ0) is 15.3. The van der Waals surface area contributed by atoms with Crippen LogP contribution in [0.15, 0.2) is 18.2 Å². The molecule has 1 aromatic carbocycles. The van der Waals surface area contributed by atoms with Crippen LogP contribution in [0, 0.1) is 5.41 Å². The Morgan fingerprint density at radius 2 is 1.60 bits per heavy atom. The molecule has 0 aromatic heterocycles. The number of aliphatic hydroxyl groups excluding tert-OH is 1. The average molecular weight is 281 g/mol. The van der Waals surface area contributed by atoms with Crippen LogP contribution in [-0.2, 0) is 0 Å². The van der Waals surface area contributed by atoms with Crippen LogP contribution >= 0.6 is 0 Å². The summed E-state index contributed by atoms with van der Waals surface area (Å²) in [6.45, 7) is 9.14. The van der Waals surface area contributed by atoms with Crippen molar-refractivity contribution >= 4 is 0 Å². The van der Waals surface area contributed by atoms with E-state index in [1.165, 1.54) is 0 Å². The quantitative estimate of drug-likeness (QED) is 0.842. The maximum Gasteiger partial charge on any atom is 0.122 e. The fraction of sp³-hybridized carbons (Fsp3) is 0.625. The maximum atomic E-state index is 10.3. The zero-order valence-corrected chi connectivity index (χ0v) is 13.4. The summed E-state index contributed by atoms with van der Waals surface area (Å²) >= 11 is 0. The van der Waals surface area contributed by atoms with E-state index in [0.717, 1.165) is 5.56 Å². The highest BCUT2D eigenvalue weighted by molar-refractivity contribution is 5.39. The Balaban J connectivity index is 2.74. The van der Waals surface area contributed by atoms with Crippen LogP contribution in [0.4, 0.5) is 0 Å². The smallest absolute Gasteiger partial charge is 0.122 e. The second-order valence-corrected chi connectivity index (χ2v) is 6.16. The normalized spacial score (nSPS) is 14.8. The lowest BCUT2D eigenvalue weighted by Crippen LogP contribution is -2.39. The first-order chi connectivity index (χ1) is 9.27. The lowest BCUT2D eigenvalue weighted by atomic mass is 9.88. The van der Waals surface area contributed by atoms with Gasteiger partial charge in [0.2, 0.25) is 0 Å². The van der Waals surface area contributed by atoms with Crippen molar-refractivity contribution in [3.8, 4) is 11.5 Å². The Labute approximate surface area is 122 Å². The van der Waals surface area contributed by atoms with E-state index in [4.69, 9.17) is 9.47 Å². The number of nitrogens with one attached hydrogen (secondary N) is 1. The van der Waals surface area contributed by atoms with E-state index < -0.39 is 6.10 Å². The Hall–Kier alpha value is -1.26. The summed E-state index contributed by atoms with van der Waals surface area (Å²) in [5.41, 5.74) is 0.945. The average Bonchev–Trinajstić information content (AvgIpc) is 2.42. The van der Waals surface area contributed by atoms with Crippen LogP contribution in [0.1, 0.15) is 39.4 Å². The number of aliphatic hydroxyl groups is 1. The molecule has 0 bridgehead atoms. The summed E-state index contributed by atoms with van der Waals surface area (Å²) in [4.78, 5) is 0. The lowest BCUT2D eigenvalue weighted by Gasteiger charge is -2.29. The van der Waals surface area contributed by atoms with Gasteiger partial charge in [-0.15, -0.1) is 0 Å². The minimum Gasteiger partial charge on any atom is -0.497 e. The molecule has 0 spiro atoms. The minimum absolute atomic E-state index is 0.159. The minimum atomic E-state index is -0.594. The van der Waals surface area contributed by atoms with Gasteiger partial charge < -0.3 is 19.9 Å². The van der Waals surface area contributed by atoms with Gasteiger partial charge in [-0.05, 0) is 30.0 Å². The molecule has 2 atom stereocenters. The molecule has 0 aliphatic rings. The molecular formula is C16H27NO3. The summed E-state index contributed by atoms with van der Waals surface area (Å²) in [6.07, 6.45) is -0.594. The Kier molecular flexibility index (Phi) is 5.84. The van der Waals surface area contributed by atoms with Crippen molar-refractivity contribution in [2.75, 3.05) is 20.8 Å². The lowest BCUT2D eigenvalue weighted by molar-refractivity contribution is 0.157. The van der Waals surface area contributed by atoms with E-state index in [2.05, 4.69) is 33.0 Å². The third kappa shape index (κ3) is 4.69. The SMILES string of the molecule is COc1cc(OC)cc(C(O)CNC(C)C(C)(C)C)c1. The van der Waals surface area contributed by atoms with Crippen molar-refractivity contribution in [2.24, 2.45) is 5.41 Å². The molecule has 0 saturated heterocycles. The number of benzene rings is 1. The van der Waals surface area contributed by atoms with Crippen LogP contribution in [0.3, 0.4) is 0 Å². The van der Waals surface area contributed by atoms with E-state index in [1.807, 2.05) is 12.1 Å². The third-order valence-electron chi connectivity index (χ3n) is 3.67. The Morgan fingerprint density at radius 3 is 2.00 bits per heavy atom. The molecule has 4 heteroatoms. The fourth-order valence-electron chi connectivity index (χ4n) is 1.73. The van der Waals surface area contributed by atoms with Gasteiger partial charge in [-0.3, -0.25) is 0 Å². The van der Waals surface area contributed by atoms with Gasteiger partial charge in [0.25, 0.3) is 0 Å². The van der Waals surface area contributed by atoms with Gasteiger partial charge in [-0.25, -0.2) is 0 Å². The standard InChI is InChI=1S/C16H27NO3/c1-11(16(2,3)4)17-10-15(18)12-7-13(19-5)9-14(8-12)20-6/h7-9,11,15,17-18H,10H2,1-6H3. The van der Waals surface area contributed by atoms with Gasteiger partial charge in [0.1, 0.15) is 11.5 Å². The van der Waals surface area contributed by atoms with Crippen molar-refractivity contribution in [1.82, 2.24) is 5.32 Å². The predicted molar refractivity (Wildman–Crippen MR) is 81.4 cm³/mol. The summed E-state index contributed by atoms with van der Waals surface area (Å²) in [7, 11) is 3.20. The highest BCUT2D eigenvalue weighted by Crippen LogP contribution is 2.26. The predicted octanol–water partition coefficient (Wildman–Crippen LogP) is 2.76. The van der Waals surface area contributed by atoms with Crippen molar-refractivity contribution in [3.63, 3.8) is 0 Å². The first-order valence-electron chi connectivity index (χ1n) is 6.92. The molecule has 1 rings (SSSR count). The fourth-order valence-corrected chi connectivity index (χ4v) is 1.73. The molecule has 0 aliphatic heterocycles. The van der Waals surface area contributed by atoms with Gasteiger partial charge in [-0.1, -0.05) is 20.8 Å². The number of methoxy groups -OCH3 is 2. The van der Waals surface area contributed by atoms with E-state index in [9.17, 15) is 5.11 Å². The Morgan fingerprint density at radius 1 is 1.10 bits per heavy atom. The van der Waals surface area contributed by atoms with Gasteiger partial charge in [0.15, 0.2) is 0 Å². The monoisotopic (exact) mass is 281 g/mol. The van der Waals surface area contributed by atoms with Crippen LogP contribution < -0.4 is 14.8 Å². The van der Waals surface area contributed by atoms with Crippen LogP contribution in [0.5, 0.6) is 11.5 Å². The molecule has 4 nitrogen and oxygen atoms in total. The first kappa shape index (κ1) is 16.8. The van der Waals surface area contributed by atoms with Gasteiger partial charge in [0.05, 0.1) is 20.3 Å². The van der Waals surface area contributed by atoms with Crippen LogP contribution in [0.2, 0.25) is 0 Å². The number of hydrogen-bond donors (Lipinski definition) is 2. The summed E-state index contributed by atoms with van der Waals surface area (Å²) in [6, 6.07) is 5.76. The van der Waals surface area contributed by atoms with E-state index in [1.54, 1.807) is 20.3 Å². The largest absolute Gasteiger partial charge is 0.497 e. The molecule has 20 heavy (non-hydrogen) atoms. The molecule has 0 aliphatic carbocycles. The molecule has 0 saturated carbocycles. The molecule has 1 aromatic rings. The summed E-state index contributed by atoms with van der Waals surface area (Å²) in [5, 5.41) is 13.7. The Bertz CT molecular complexity index is 404. The summed E-state index contributed by atoms with van der Waals surface area (Å²) < 4.78 is 10.4. The first-order valence-corrected chi connectivity index (χ1v) is 6.92. The van der Waals surface area contributed by atoms with E-state index >= 15 is 0 Å².